The van der Waals surface area contributed by atoms with Crippen molar-refractivity contribution in [2.75, 3.05) is 67.7 Å². The largest absolute Gasteiger partial charge is 0.416 e. The van der Waals surface area contributed by atoms with Crippen molar-refractivity contribution in [3.63, 3.8) is 0 Å². The maximum Gasteiger partial charge on any atom is 0.416 e. The molecule has 0 aromatic heterocycles. The van der Waals surface area contributed by atoms with Crippen molar-refractivity contribution in [2.45, 2.75) is 18.5 Å². The Morgan fingerprint density at radius 1 is 0.295 bits per heavy atom. The van der Waals surface area contributed by atoms with Crippen molar-refractivity contribution in [2.24, 2.45) is 0 Å². The van der Waals surface area contributed by atoms with Crippen LogP contribution in [0.25, 0.3) is 0 Å². The summed E-state index contributed by atoms with van der Waals surface area (Å²) in [6.07, 6.45) is -13.7. The molecule has 6 N–H and O–H groups in total. The summed E-state index contributed by atoms with van der Waals surface area (Å²) in [6.45, 7) is 0. The summed E-state index contributed by atoms with van der Waals surface area (Å²) in [6, 6.07) is 30.4. The summed E-state index contributed by atoms with van der Waals surface area (Å²) in [5.74, 6) is -2.08. The molecule has 9 amide bonds. The molecule has 0 fully saturated rings. The Morgan fingerprint density at radius 3 is 0.628 bits per heavy atom. The molecule has 0 spiro atoms. The van der Waals surface area contributed by atoms with Crippen LogP contribution in [0.2, 0.25) is 0 Å². The van der Waals surface area contributed by atoms with E-state index in [9.17, 15) is 68.3 Å². The summed E-state index contributed by atoms with van der Waals surface area (Å²) in [5, 5.41) is 14.9. The number of alkyl halides is 9. The lowest BCUT2D eigenvalue weighted by atomic mass is 10.0. The molecule has 0 aliphatic rings. The molecule has 0 saturated carbocycles. The van der Waals surface area contributed by atoms with E-state index in [0.717, 1.165) is 72.8 Å². The lowest BCUT2D eigenvalue weighted by Gasteiger charge is -2.22. The van der Waals surface area contributed by atoms with E-state index in [0.29, 0.717) is 0 Å². The van der Waals surface area contributed by atoms with Crippen molar-refractivity contribution in [1.29, 1.82) is 0 Å². The van der Waals surface area contributed by atoms with Crippen LogP contribution < -0.4 is 46.6 Å². The normalized spacial score (nSPS) is 11.4. The van der Waals surface area contributed by atoms with Gasteiger partial charge in [-0.1, -0.05) is 0 Å². The SMILES string of the molecule is CN(C(=O)c1cc(C(=O)N(C)c2ccc(NC(=O)Nc3ccc(C(F)(F)F)cc3)cc2)cc(C(=O)N(C)c2ccc(NC(=O)Nc3ccc(C(F)(F)F)cc3)cc2)c1)c1ccc(NC(=O)Nc2ccc(C(F)(F)F)cc2)cc1. The standard InChI is InChI=1S/C54H42F9N9O6/c1-70(43-22-16-40(17-23-43)67-49(76)64-37-10-4-34(5-11-37)52(55,56)57)46(73)31-28-32(47(74)71(2)44-24-18-41(19-25-44)68-50(77)65-38-12-6-35(7-13-38)53(58,59)60)30-33(29-31)48(75)72(3)45-26-20-42(21-27-45)69-51(78)66-39-14-8-36(9-15-39)54(61,62)63/h4-30H,1-3H3,(H2,64,67,76)(H2,65,68,77)(H2,66,69,78). The number of nitrogens with zero attached hydrogens (tertiary/aromatic N) is 3. The third-order valence-corrected chi connectivity index (χ3v) is 11.5. The van der Waals surface area contributed by atoms with Crippen LogP contribution >= 0.6 is 0 Å². The number of nitrogens with one attached hydrogen (secondary N) is 6. The molecule has 0 radical (unpaired) electrons. The van der Waals surface area contributed by atoms with E-state index in [2.05, 4.69) is 31.9 Å². The summed E-state index contributed by atoms with van der Waals surface area (Å²) in [5.41, 5.74) is -1.21. The van der Waals surface area contributed by atoms with Crippen LogP contribution in [0.15, 0.2) is 164 Å². The van der Waals surface area contributed by atoms with Gasteiger partial charge in [0, 0.05) is 89.0 Å². The Morgan fingerprint density at radius 2 is 0.462 bits per heavy atom. The van der Waals surface area contributed by atoms with E-state index in [4.69, 9.17) is 0 Å². The van der Waals surface area contributed by atoms with Crippen molar-refractivity contribution >= 4 is 87.0 Å². The van der Waals surface area contributed by atoms with E-state index in [1.807, 2.05) is 0 Å². The van der Waals surface area contributed by atoms with E-state index in [-0.39, 0.29) is 67.9 Å². The number of benzene rings is 7. The molecule has 7 aromatic rings. The van der Waals surface area contributed by atoms with Gasteiger partial charge >= 0.3 is 36.6 Å². The summed E-state index contributed by atoms with van der Waals surface area (Å²) in [4.78, 5) is 84.4. The van der Waals surface area contributed by atoms with E-state index < -0.39 is 71.0 Å². The first-order valence-electron chi connectivity index (χ1n) is 22.8. The third kappa shape index (κ3) is 14.3. The molecular formula is C54H42F9N9O6. The first kappa shape index (κ1) is 55.9. The molecule has 7 rings (SSSR count). The van der Waals surface area contributed by atoms with Gasteiger partial charge in [-0.25, -0.2) is 14.4 Å². The second kappa shape index (κ2) is 22.9. The van der Waals surface area contributed by atoms with Crippen molar-refractivity contribution in [1.82, 2.24) is 0 Å². The maximum absolute atomic E-state index is 14.3. The second-order valence-electron chi connectivity index (χ2n) is 17.0. The summed E-state index contributed by atoms with van der Waals surface area (Å²) >= 11 is 0. The number of hydrogen-bond acceptors (Lipinski definition) is 6. The second-order valence-corrected chi connectivity index (χ2v) is 17.0. The number of anilines is 9. The molecule has 15 nitrogen and oxygen atoms in total. The number of urea groups is 3. The maximum atomic E-state index is 14.3. The van der Waals surface area contributed by atoms with Gasteiger partial charge in [-0.2, -0.15) is 39.5 Å². The number of halogens is 9. The number of carbonyl (C=O) groups excluding carboxylic acids is 6. The molecule has 24 heteroatoms. The van der Waals surface area contributed by atoms with Crippen LogP contribution in [-0.2, 0) is 18.5 Å². The summed E-state index contributed by atoms with van der Waals surface area (Å²) < 4.78 is 117. The number of amides is 9. The van der Waals surface area contributed by atoms with E-state index >= 15 is 0 Å². The van der Waals surface area contributed by atoms with Gasteiger partial charge in [-0.3, -0.25) is 14.4 Å². The zero-order valence-corrected chi connectivity index (χ0v) is 40.8. The van der Waals surface area contributed by atoms with Crippen LogP contribution in [0.3, 0.4) is 0 Å². The molecule has 402 valence electrons. The molecule has 0 saturated heterocycles. The zero-order chi connectivity index (χ0) is 56.7. The lowest BCUT2D eigenvalue weighted by molar-refractivity contribution is -0.138. The highest BCUT2D eigenvalue weighted by Crippen LogP contribution is 2.33. The van der Waals surface area contributed by atoms with Crippen LogP contribution in [-0.4, -0.2) is 57.0 Å². The predicted molar refractivity (Wildman–Crippen MR) is 276 cm³/mol. The fraction of sp³-hybridized carbons (Fsp3) is 0.111. The predicted octanol–water partition coefficient (Wildman–Crippen LogP) is 13.5. The van der Waals surface area contributed by atoms with E-state index in [1.54, 1.807) is 0 Å². The van der Waals surface area contributed by atoms with Gasteiger partial charge in [0.05, 0.1) is 16.7 Å². The fourth-order valence-electron chi connectivity index (χ4n) is 7.34. The molecule has 0 unspecified atom stereocenters. The van der Waals surface area contributed by atoms with Gasteiger partial charge < -0.3 is 46.6 Å². The van der Waals surface area contributed by atoms with Gasteiger partial charge in [-0.15, -0.1) is 0 Å². The molecule has 0 aliphatic carbocycles. The van der Waals surface area contributed by atoms with Crippen LogP contribution in [0.1, 0.15) is 47.8 Å². The molecule has 78 heavy (non-hydrogen) atoms. The Kier molecular flexibility index (Phi) is 16.4. The molecular weight excluding hydrogens is 1040 g/mol. The Labute approximate surface area is 437 Å². The molecule has 0 heterocycles. The minimum absolute atomic E-state index is 0.0880. The first-order chi connectivity index (χ1) is 36.7. The highest BCUT2D eigenvalue weighted by Gasteiger charge is 2.32. The Balaban J connectivity index is 1.08. The Bertz CT molecular complexity index is 2970. The molecule has 7 aromatic carbocycles. The van der Waals surface area contributed by atoms with Gasteiger partial charge in [0.1, 0.15) is 0 Å². The van der Waals surface area contributed by atoms with E-state index in [1.165, 1.54) is 127 Å². The average Bonchev–Trinajstić information content (AvgIpc) is 3.40. The van der Waals surface area contributed by atoms with Gasteiger partial charge in [0.15, 0.2) is 0 Å². The van der Waals surface area contributed by atoms with Gasteiger partial charge in [0.2, 0.25) is 0 Å². The highest BCUT2D eigenvalue weighted by molar-refractivity contribution is 6.14. The Hall–Kier alpha value is -9.87. The van der Waals surface area contributed by atoms with Gasteiger partial charge in [0.25, 0.3) is 17.7 Å². The highest BCUT2D eigenvalue weighted by atomic mass is 19.4. The summed E-state index contributed by atoms with van der Waals surface area (Å²) in [7, 11) is 4.24. The topological polar surface area (TPSA) is 184 Å². The van der Waals surface area contributed by atoms with Crippen molar-refractivity contribution in [3.8, 4) is 0 Å². The molecule has 0 aliphatic heterocycles. The lowest BCUT2D eigenvalue weighted by Crippen LogP contribution is -2.31. The first-order valence-corrected chi connectivity index (χ1v) is 22.8. The molecule has 0 bridgehead atoms. The monoisotopic (exact) mass is 1080 g/mol. The minimum Gasteiger partial charge on any atom is -0.311 e. The number of carbonyl (C=O) groups is 6. The van der Waals surface area contributed by atoms with Crippen LogP contribution in [0, 0.1) is 0 Å². The van der Waals surface area contributed by atoms with Crippen LogP contribution in [0.4, 0.5) is 105 Å². The number of rotatable bonds is 12. The van der Waals surface area contributed by atoms with Crippen LogP contribution in [0.5, 0.6) is 0 Å². The van der Waals surface area contributed by atoms with Gasteiger partial charge in [-0.05, 0) is 164 Å². The fourth-order valence-corrected chi connectivity index (χ4v) is 7.34. The van der Waals surface area contributed by atoms with Crippen molar-refractivity contribution < 1.29 is 68.3 Å². The third-order valence-electron chi connectivity index (χ3n) is 11.5. The zero-order valence-electron chi connectivity index (χ0n) is 40.8. The quantitative estimate of drug-likeness (QED) is 0.0662. The minimum atomic E-state index is -4.57. The van der Waals surface area contributed by atoms with Crippen molar-refractivity contribution in [3.05, 3.63) is 197 Å². The smallest absolute Gasteiger partial charge is 0.311 e. The number of hydrogen-bond donors (Lipinski definition) is 6. The average molecular weight is 1080 g/mol. The molecule has 0 atom stereocenters.